The lowest BCUT2D eigenvalue weighted by atomic mass is 9.68. The molecule has 8 rings (SSSR count). The van der Waals surface area contributed by atoms with Crippen LogP contribution in [0.4, 0.5) is 18.9 Å². The lowest BCUT2D eigenvalue weighted by Gasteiger charge is -2.43. The largest absolute Gasteiger partial charge is 0.489 e. The van der Waals surface area contributed by atoms with Crippen LogP contribution in [0.1, 0.15) is 39.5 Å². The lowest BCUT2D eigenvalue weighted by molar-refractivity contribution is -0.137. The highest BCUT2D eigenvalue weighted by Gasteiger charge is 2.70. The van der Waals surface area contributed by atoms with E-state index in [2.05, 4.69) is 27.0 Å². The first-order valence-corrected chi connectivity index (χ1v) is 17.4. The first-order chi connectivity index (χ1) is 22.0. The van der Waals surface area contributed by atoms with Gasteiger partial charge in [-0.1, -0.05) is 69.2 Å². The number of ether oxygens (including phenoxy) is 1. The number of amides is 2. The Hall–Kier alpha value is -3.35. The number of fused-ring (bicyclic) bond motifs is 9. The number of carbonyl (C=O) groups excluding carboxylic acids is 2. The van der Waals surface area contributed by atoms with Gasteiger partial charge in [-0.15, -0.1) is 11.8 Å². The summed E-state index contributed by atoms with van der Waals surface area (Å²) in [7, 11) is 0. The van der Waals surface area contributed by atoms with E-state index in [0.29, 0.717) is 18.8 Å². The number of thiazole rings is 1. The summed E-state index contributed by atoms with van der Waals surface area (Å²) in [6.45, 7) is 2.35. The predicted molar refractivity (Wildman–Crippen MR) is 172 cm³/mol. The summed E-state index contributed by atoms with van der Waals surface area (Å²) in [4.78, 5) is 45.2. The summed E-state index contributed by atoms with van der Waals surface area (Å²) in [5, 5.41) is 0.623. The molecule has 1 N–H and O–H groups in total. The number of halogens is 4. The Kier molecular flexibility index (Phi) is 7.08. The quantitative estimate of drug-likeness (QED) is 0.213. The number of thioether (sulfide) groups is 1. The van der Waals surface area contributed by atoms with E-state index in [1.54, 1.807) is 0 Å². The molecule has 2 aliphatic carbocycles. The third kappa shape index (κ3) is 4.62. The monoisotopic (exact) mass is 726 g/mol. The number of aryl methyl sites for hydroxylation is 1. The first kappa shape index (κ1) is 30.0. The molecule has 3 heterocycles. The summed E-state index contributed by atoms with van der Waals surface area (Å²) in [6.07, 6.45) is -4.11. The van der Waals surface area contributed by atoms with Crippen LogP contribution in [0.3, 0.4) is 0 Å². The van der Waals surface area contributed by atoms with Gasteiger partial charge in [0.15, 0.2) is 0 Å². The molecule has 1 saturated heterocycles. The number of anilines is 1. The minimum atomic E-state index is -4.72. The van der Waals surface area contributed by atoms with E-state index in [1.165, 1.54) is 30.0 Å². The van der Waals surface area contributed by atoms with E-state index in [-0.39, 0.29) is 33.8 Å². The number of H-pyrrole nitrogens is 1. The number of imide groups is 1. The number of aromatic nitrogens is 1. The molecule has 2 aliphatic heterocycles. The summed E-state index contributed by atoms with van der Waals surface area (Å²) in [6, 6.07) is 18.6. The molecule has 12 heteroatoms. The number of alkyl halides is 3. The maximum absolute atomic E-state index is 14.1. The molecule has 2 bridgehead atoms. The van der Waals surface area contributed by atoms with Gasteiger partial charge in [0, 0.05) is 26.1 Å². The van der Waals surface area contributed by atoms with Crippen molar-refractivity contribution in [2.45, 2.75) is 42.3 Å². The van der Waals surface area contributed by atoms with Crippen molar-refractivity contribution in [3.63, 3.8) is 0 Å². The van der Waals surface area contributed by atoms with Crippen LogP contribution >= 0.6 is 39.0 Å². The average molecular weight is 728 g/mol. The fourth-order valence-corrected chi connectivity index (χ4v) is 11.6. The van der Waals surface area contributed by atoms with Gasteiger partial charge in [-0.25, -0.2) is 4.90 Å². The van der Waals surface area contributed by atoms with Crippen LogP contribution in [0.15, 0.2) is 81.0 Å². The summed E-state index contributed by atoms with van der Waals surface area (Å²) in [5.41, 5.74) is 1.58. The first-order valence-electron chi connectivity index (χ1n) is 14.9. The van der Waals surface area contributed by atoms with Crippen molar-refractivity contribution in [1.82, 2.24) is 4.98 Å². The van der Waals surface area contributed by atoms with Gasteiger partial charge in [-0.3, -0.25) is 14.4 Å². The SMILES string of the molecule is Cc1cccc(COc2ccc(Br)cc2C2c3sc(=O)[nH]c3SC3C2[C@H]2C[C@@H]3C3C(=O)N(c4ccccc4C(F)(F)F)C(=O)C32)c1. The maximum atomic E-state index is 14.1. The fourth-order valence-electron chi connectivity index (χ4n) is 8.37. The third-order valence-electron chi connectivity index (χ3n) is 9.96. The number of para-hydroxylation sites is 1. The van der Waals surface area contributed by atoms with Crippen LogP contribution in [0, 0.1) is 36.5 Å². The second kappa shape index (κ2) is 10.8. The van der Waals surface area contributed by atoms with Crippen molar-refractivity contribution in [2.24, 2.45) is 29.6 Å². The van der Waals surface area contributed by atoms with E-state index in [0.717, 1.165) is 53.4 Å². The van der Waals surface area contributed by atoms with Crippen LogP contribution in [0.25, 0.3) is 0 Å². The highest BCUT2D eigenvalue weighted by molar-refractivity contribution is 9.10. The standard InChI is InChI=1S/C34H26BrF3N2O4S2/c1-15-5-4-6-16(11-15)14-44-23-10-9-17(35)12-18(23)24-25-19-13-20(28(25)45-30-29(24)46-33(43)39-30)27-26(19)31(41)40(32(27)42)22-8-3-2-7-21(22)34(36,37)38/h2-12,19-20,24-28H,13-14H2,1H3,(H,39,43)/t19-,20-,24?,25?,26?,27?,28?/m1/s1. The summed E-state index contributed by atoms with van der Waals surface area (Å²) in [5.74, 6) is -2.86. The van der Waals surface area contributed by atoms with Crippen LogP contribution in [0.2, 0.25) is 0 Å². The lowest BCUT2D eigenvalue weighted by Crippen LogP contribution is -2.42. The number of nitrogens with one attached hydrogen (secondary N) is 1. The molecule has 4 aromatic rings. The van der Waals surface area contributed by atoms with Crippen molar-refractivity contribution < 1.29 is 27.5 Å². The molecular weight excluding hydrogens is 701 g/mol. The molecule has 0 spiro atoms. The van der Waals surface area contributed by atoms with E-state index in [9.17, 15) is 27.6 Å². The number of hydrogen-bond acceptors (Lipinski definition) is 6. The molecule has 3 fully saturated rings. The van der Waals surface area contributed by atoms with Crippen molar-refractivity contribution in [3.05, 3.63) is 108 Å². The van der Waals surface area contributed by atoms with Crippen molar-refractivity contribution in [1.29, 1.82) is 0 Å². The smallest absolute Gasteiger partial charge is 0.418 e. The summed E-state index contributed by atoms with van der Waals surface area (Å²) < 4.78 is 49.3. The molecule has 2 saturated carbocycles. The Bertz CT molecular complexity index is 1980. The predicted octanol–water partition coefficient (Wildman–Crippen LogP) is 7.78. The number of benzene rings is 3. The van der Waals surface area contributed by atoms with E-state index < -0.39 is 41.1 Å². The number of nitrogens with zero attached hydrogens (tertiary/aromatic N) is 1. The number of carbonyl (C=O) groups is 2. The second-order valence-electron chi connectivity index (χ2n) is 12.4. The van der Waals surface area contributed by atoms with Crippen molar-refractivity contribution >= 4 is 56.5 Å². The van der Waals surface area contributed by atoms with Crippen LogP contribution in [-0.2, 0) is 22.4 Å². The van der Waals surface area contributed by atoms with E-state index in [4.69, 9.17) is 4.74 Å². The van der Waals surface area contributed by atoms with Gasteiger partial charge in [-0.05, 0) is 67.0 Å². The van der Waals surface area contributed by atoms with Crippen LogP contribution < -0.4 is 14.5 Å². The second-order valence-corrected chi connectivity index (χ2v) is 15.6. The van der Waals surface area contributed by atoms with Crippen molar-refractivity contribution in [2.75, 3.05) is 4.90 Å². The van der Waals surface area contributed by atoms with Gasteiger partial charge in [0.2, 0.25) is 11.8 Å². The molecule has 7 atom stereocenters. The Morgan fingerprint density at radius 1 is 0.978 bits per heavy atom. The zero-order valence-corrected chi connectivity index (χ0v) is 27.4. The van der Waals surface area contributed by atoms with Gasteiger partial charge in [-0.2, -0.15) is 13.2 Å². The molecular formula is C34H26BrF3N2O4S2. The van der Waals surface area contributed by atoms with Gasteiger partial charge >= 0.3 is 11.0 Å². The highest BCUT2D eigenvalue weighted by Crippen LogP contribution is 2.69. The molecule has 4 aliphatic rings. The van der Waals surface area contributed by atoms with Gasteiger partial charge in [0.1, 0.15) is 12.4 Å². The van der Waals surface area contributed by atoms with Crippen molar-refractivity contribution in [3.8, 4) is 5.75 Å². The topological polar surface area (TPSA) is 79.5 Å². The van der Waals surface area contributed by atoms with Gasteiger partial charge < -0.3 is 9.72 Å². The molecule has 1 aromatic heterocycles. The number of hydrogen-bond donors (Lipinski definition) is 1. The highest BCUT2D eigenvalue weighted by atomic mass is 79.9. The molecule has 3 aromatic carbocycles. The molecule has 5 unspecified atom stereocenters. The summed E-state index contributed by atoms with van der Waals surface area (Å²) >= 11 is 6.29. The Labute approximate surface area is 278 Å². The Morgan fingerprint density at radius 3 is 2.50 bits per heavy atom. The fraction of sp³-hybridized carbons (Fsp3) is 0.324. The maximum Gasteiger partial charge on any atom is 0.418 e. The number of rotatable bonds is 5. The average Bonchev–Trinajstić information content (AvgIpc) is 3.75. The van der Waals surface area contributed by atoms with E-state index in [1.807, 2.05) is 43.3 Å². The molecule has 6 nitrogen and oxygen atoms in total. The molecule has 46 heavy (non-hydrogen) atoms. The van der Waals surface area contributed by atoms with Gasteiger partial charge in [0.05, 0.1) is 28.1 Å². The Balaban J connectivity index is 1.20. The van der Waals surface area contributed by atoms with E-state index >= 15 is 0 Å². The Morgan fingerprint density at radius 2 is 1.74 bits per heavy atom. The third-order valence-corrected chi connectivity index (χ3v) is 13.0. The van der Waals surface area contributed by atoms with Crippen LogP contribution in [0.5, 0.6) is 5.75 Å². The number of aromatic amines is 1. The van der Waals surface area contributed by atoms with Crippen LogP contribution in [-0.4, -0.2) is 22.0 Å². The minimum Gasteiger partial charge on any atom is -0.489 e. The minimum absolute atomic E-state index is 0.118. The normalized spacial score (nSPS) is 27.9. The molecule has 2 amide bonds. The zero-order chi connectivity index (χ0) is 32.1. The molecule has 236 valence electrons. The zero-order valence-electron chi connectivity index (χ0n) is 24.2. The van der Waals surface area contributed by atoms with Gasteiger partial charge in [0.25, 0.3) is 0 Å². The molecule has 0 radical (unpaired) electrons.